The van der Waals surface area contributed by atoms with Gasteiger partial charge in [-0.25, -0.2) is 4.79 Å². The van der Waals surface area contributed by atoms with Gasteiger partial charge in [0.1, 0.15) is 11.8 Å². The minimum atomic E-state index is -2.94. The lowest BCUT2D eigenvalue weighted by atomic mass is 10.2. The monoisotopic (exact) mass is 260 g/mol. The van der Waals surface area contributed by atoms with E-state index >= 15 is 0 Å². The first kappa shape index (κ1) is 14.2. The van der Waals surface area contributed by atoms with E-state index in [1.165, 1.54) is 19.2 Å². The molecule has 1 aromatic rings. The van der Waals surface area contributed by atoms with Crippen LogP contribution in [0.25, 0.3) is 0 Å². The predicted octanol–water partition coefficient (Wildman–Crippen LogP) is 1.20. The molecule has 0 aliphatic carbocycles. The van der Waals surface area contributed by atoms with Gasteiger partial charge in [-0.3, -0.25) is 0 Å². The Morgan fingerprint density at radius 3 is 2.67 bits per heavy atom. The number of nitrogens with two attached hydrogens (primary N) is 1. The number of nitrogens with one attached hydrogen (secondary N) is 1. The van der Waals surface area contributed by atoms with Crippen LogP contribution in [0.5, 0.6) is 5.75 Å². The van der Waals surface area contributed by atoms with E-state index in [0.29, 0.717) is 0 Å². The molecule has 0 heterocycles. The maximum Gasteiger partial charge on any atom is 0.387 e. The zero-order chi connectivity index (χ0) is 13.5. The van der Waals surface area contributed by atoms with Gasteiger partial charge in [0.25, 0.3) is 0 Å². The van der Waals surface area contributed by atoms with Crippen LogP contribution in [0.1, 0.15) is 0 Å². The molecule has 5 nitrogen and oxygen atoms in total. The molecule has 7 heteroatoms. The third-order valence-corrected chi connectivity index (χ3v) is 2.15. The number of para-hydroxylation sites is 2. The molecule has 1 unspecified atom stereocenters. The number of benzene rings is 1. The van der Waals surface area contributed by atoms with Gasteiger partial charge in [0.15, 0.2) is 0 Å². The summed E-state index contributed by atoms with van der Waals surface area (Å²) in [5.74, 6) is -0.640. The fraction of sp³-hybridized carbons (Fsp3) is 0.364. The van der Waals surface area contributed by atoms with Crippen molar-refractivity contribution in [3.05, 3.63) is 24.3 Å². The standard InChI is InChI=1S/C11H14F2N2O3/c1-17-10(16)8(6-14)15-7-4-2-3-5-9(7)18-11(12)13/h2-5,8,11,15H,6,14H2,1H3. The zero-order valence-corrected chi connectivity index (χ0v) is 9.73. The van der Waals surface area contributed by atoms with Gasteiger partial charge in [-0.15, -0.1) is 0 Å². The summed E-state index contributed by atoms with van der Waals surface area (Å²) in [7, 11) is 1.22. The molecule has 0 saturated carbocycles. The van der Waals surface area contributed by atoms with Gasteiger partial charge in [0.05, 0.1) is 12.8 Å². The summed E-state index contributed by atoms with van der Waals surface area (Å²) in [6.45, 7) is -2.97. The summed E-state index contributed by atoms with van der Waals surface area (Å²) in [5.41, 5.74) is 5.64. The normalized spacial score (nSPS) is 12.1. The van der Waals surface area contributed by atoms with Gasteiger partial charge < -0.3 is 20.5 Å². The quantitative estimate of drug-likeness (QED) is 0.752. The molecule has 0 radical (unpaired) electrons. The van der Waals surface area contributed by atoms with Gasteiger partial charge in [-0.1, -0.05) is 12.1 Å². The van der Waals surface area contributed by atoms with E-state index in [2.05, 4.69) is 14.8 Å². The molecule has 0 aliphatic heterocycles. The second kappa shape index (κ2) is 6.75. The van der Waals surface area contributed by atoms with Crippen molar-refractivity contribution >= 4 is 11.7 Å². The van der Waals surface area contributed by atoms with Gasteiger partial charge >= 0.3 is 12.6 Å². The Balaban J connectivity index is 2.85. The van der Waals surface area contributed by atoms with Crippen molar-refractivity contribution in [3.63, 3.8) is 0 Å². The Morgan fingerprint density at radius 2 is 2.11 bits per heavy atom. The molecule has 100 valence electrons. The molecule has 0 bridgehead atoms. The number of hydrogen-bond donors (Lipinski definition) is 2. The van der Waals surface area contributed by atoms with Crippen molar-refractivity contribution in [1.82, 2.24) is 0 Å². The first-order chi connectivity index (χ1) is 8.58. The number of halogens is 2. The highest BCUT2D eigenvalue weighted by molar-refractivity contribution is 5.80. The Bertz CT molecular complexity index is 402. The van der Waals surface area contributed by atoms with Crippen LogP contribution in [-0.2, 0) is 9.53 Å². The van der Waals surface area contributed by atoms with E-state index in [1.807, 2.05) is 0 Å². The van der Waals surface area contributed by atoms with Crippen molar-refractivity contribution in [2.45, 2.75) is 12.7 Å². The van der Waals surface area contributed by atoms with E-state index in [9.17, 15) is 13.6 Å². The van der Waals surface area contributed by atoms with E-state index in [0.717, 1.165) is 0 Å². The summed E-state index contributed by atoms with van der Waals surface area (Å²) >= 11 is 0. The van der Waals surface area contributed by atoms with Crippen molar-refractivity contribution in [3.8, 4) is 5.75 Å². The molecule has 0 fully saturated rings. The largest absolute Gasteiger partial charge is 0.467 e. The Hall–Kier alpha value is -1.89. The smallest absolute Gasteiger partial charge is 0.387 e. The lowest BCUT2D eigenvalue weighted by Gasteiger charge is -2.18. The first-order valence-corrected chi connectivity index (χ1v) is 5.16. The molecule has 18 heavy (non-hydrogen) atoms. The number of methoxy groups -OCH3 is 1. The molecule has 1 rings (SSSR count). The molecule has 0 aromatic heterocycles. The number of esters is 1. The van der Waals surface area contributed by atoms with Crippen LogP contribution >= 0.6 is 0 Å². The van der Waals surface area contributed by atoms with Gasteiger partial charge in [0.2, 0.25) is 0 Å². The van der Waals surface area contributed by atoms with Crippen LogP contribution in [0, 0.1) is 0 Å². The van der Waals surface area contributed by atoms with Crippen LogP contribution < -0.4 is 15.8 Å². The summed E-state index contributed by atoms with van der Waals surface area (Å²) in [4.78, 5) is 11.3. The van der Waals surface area contributed by atoms with Crippen molar-refractivity contribution < 1.29 is 23.0 Å². The number of alkyl halides is 2. The van der Waals surface area contributed by atoms with E-state index in [1.54, 1.807) is 12.1 Å². The van der Waals surface area contributed by atoms with E-state index < -0.39 is 18.6 Å². The van der Waals surface area contributed by atoms with Crippen LogP contribution in [-0.4, -0.2) is 32.3 Å². The zero-order valence-electron chi connectivity index (χ0n) is 9.73. The third-order valence-electron chi connectivity index (χ3n) is 2.15. The highest BCUT2D eigenvalue weighted by atomic mass is 19.3. The predicted molar refractivity (Wildman–Crippen MR) is 61.6 cm³/mol. The first-order valence-electron chi connectivity index (χ1n) is 5.16. The fourth-order valence-corrected chi connectivity index (χ4v) is 1.33. The van der Waals surface area contributed by atoms with Crippen molar-refractivity contribution in [2.24, 2.45) is 5.73 Å². The van der Waals surface area contributed by atoms with Crippen molar-refractivity contribution in [2.75, 3.05) is 19.0 Å². The second-order valence-electron chi connectivity index (χ2n) is 3.33. The summed E-state index contributed by atoms with van der Waals surface area (Å²) < 4.78 is 33.2. The maximum absolute atomic E-state index is 12.2. The highest BCUT2D eigenvalue weighted by Crippen LogP contribution is 2.26. The van der Waals surface area contributed by atoms with E-state index in [4.69, 9.17) is 5.73 Å². The molecule has 3 N–H and O–H groups in total. The Morgan fingerprint density at radius 1 is 1.44 bits per heavy atom. The molecule has 0 spiro atoms. The van der Waals surface area contributed by atoms with Crippen LogP contribution in [0.3, 0.4) is 0 Å². The summed E-state index contributed by atoms with van der Waals surface area (Å²) in [6.07, 6.45) is 0. The molecule has 0 aliphatic rings. The lowest BCUT2D eigenvalue weighted by molar-refractivity contribution is -0.141. The van der Waals surface area contributed by atoms with E-state index in [-0.39, 0.29) is 18.0 Å². The van der Waals surface area contributed by atoms with Crippen LogP contribution in [0.2, 0.25) is 0 Å². The topological polar surface area (TPSA) is 73.6 Å². The number of carbonyl (C=O) groups is 1. The average Bonchev–Trinajstić information content (AvgIpc) is 2.36. The highest BCUT2D eigenvalue weighted by Gasteiger charge is 2.19. The lowest BCUT2D eigenvalue weighted by Crippen LogP contribution is -2.37. The molecule has 0 saturated heterocycles. The third kappa shape index (κ3) is 3.85. The SMILES string of the molecule is COC(=O)C(CN)Nc1ccccc1OC(F)F. The fourth-order valence-electron chi connectivity index (χ4n) is 1.33. The summed E-state index contributed by atoms with van der Waals surface area (Å²) in [6, 6.07) is 5.20. The van der Waals surface area contributed by atoms with Gasteiger partial charge in [0, 0.05) is 6.54 Å². The minimum Gasteiger partial charge on any atom is -0.467 e. The molecular weight excluding hydrogens is 246 g/mol. The Labute approximate surface area is 103 Å². The second-order valence-corrected chi connectivity index (χ2v) is 3.33. The van der Waals surface area contributed by atoms with Gasteiger partial charge in [-0.2, -0.15) is 8.78 Å². The number of rotatable bonds is 6. The Kier molecular flexibility index (Phi) is 5.31. The maximum atomic E-state index is 12.2. The number of anilines is 1. The minimum absolute atomic E-state index is 0.0321. The summed E-state index contributed by atoms with van der Waals surface area (Å²) in [5, 5.41) is 2.70. The molecule has 1 atom stereocenters. The average molecular weight is 260 g/mol. The van der Waals surface area contributed by atoms with Crippen LogP contribution in [0.15, 0.2) is 24.3 Å². The molecular formula is C11H14F2N2O3. The number of hydrogen-bond acceptors (Lipinski definition) is 5. The number of carbonyl (C=O) groups excluding carboxylic acids is 1. The van der Waals surface area contributed by atoms with Gasteiger partial charge in [-0.05, 0) is 12.1 Å². The van der Waals surface area contributed by atoms with Crippen molar-refractivity contribution in [1.29, 1.82) is 0 Å². The molecule has 1 aromatic carbocycles. The van der Waals surface area contributed by atoms with Crippen LogP contribution in [0.4, 0.5) is 14.5 Å². The molecule has 0 amide bonds. The number of ether oxygens (including phenoxy) is 2.